The van der Waals surface area contributed by atoms with Crippen molar-refractivity contribution in [3.05, 3.63) is 30.1 Å². The van der Waals surface area contributed by atoms with Crippen LogP contribution < -0.4 is 20.1 Å². The third-order valence-electron chi connectivity index (χ3n) is 3.51. The third kappa shape index (κ3) is 2.19. The molecule has 0 unspecified atom stereocenters. The van der Waals surface area contributed by atoms with Crippen LogP contribution in [0.3, 0.4) is 0 Å². The fourth-order valence-corrected chi connectivity index (χ4v) is 2.19. The number of fused-ring (bicyclic) bond motifs is 1. The standard InChI is InChI=1S/C13H13N5O3/c19-13(10-6-18(17-16-10)9-4-14-5-9)15-8-1-2-11-12(3-8)21-7-20-11/h1-3,6,9,14H,4-5,7H2,(H,15,19). The predicted octanol–water partition coefficient (Wildman–Crippen LogP) is 0.403. The van der Waals surface area contributed by atoms with Crippen LogP contribution in [0.4, 0.5) is 5.69 Å². The number of rotatable bonds is 3. The molecule has 108 valence electrons. The Morgan fingerprint density at radius 1 is 1.33 bits per heavy atom. The Bertz CT molecular complexity index is 695. The van der Waals surface area contributed by atoms with Crippen LogP contribution >= 0.6 is 0 Å². The molecule has 2 aliphatic heterocycles. The molecule has 0 atom stereocenters. The number of carbonyl (C=O) groups excluding carboxylic acids is 1. The predicted molar refractivity (Wildman–Crippen MR) is 72.4 cm³/mol. The number of hydrogen-bond acceptors (Lipinski definition) is 6. The summed E-state index contributed by atoms with van der Waals surface area (Å²) in [6.45, 7) is 1.91. The van der Waals surface area contributed by atoms with Gasteiger partial charge in [0.25, 0.3) is 5.91 Å². The zero-order chi connectivity index (χ0) is 14.2. The highest BCUT2D eigenvalue weighted by atomic mass is 16.7. The van der Waals surface area contributed by atoms with Crippen LogP contribution in [0.5, 0.6) is 11.5 Å². The summed E-state index contributed by atoms with van der Waals surface area (Å²) in [5.74, 6) is 1.00. The summed E-state index contributed by atoms with van der Waals surface area (Å²) in [6, 6.07) is 5.52. The van der Waals surface area contributed by atoms with Crippen molar-refractivity contribution >= 4 is 11.6 Å². The lowest BCUT2D eigenvalue weighted by Gasteiger charge is -2.26. The van der Waals surface area contributed by atoms with Crippen LogP contribution in [0.1, 0.15) is 16.5 Å². The number of hydrogen-bond donors (Lipinski definition) is 2. The van der Waals surface area contributed by atoms with Gasteiger partial charge in [-0.15, -0.1) is 5.10 Å². The quantitative estimate of drug-likeness (QED) is 0.849. The van der Waals surface area contributed by atoms with Gasteiger partial charge >= 0.3 is 0 Å². The van der Waals surface area contributed by atoms with Crippen molar-refractivity contribution in [3.8, 4) is 11.5 Å². The molecule has 0 radical (unpaired) electrons. The topological polar surface area (TPSA) is 90.3 Å². The van der Waals surface area contributed by atoms with Crippen LogP contribution in [0, 0.1) is 0 Å². The van der Waals surface area contributed by atoms with Gasteiger partial charge in [-0.3, -0.25) is 4.79 Å². The van der Waals surface area contributed by atoms with Crippen LogP contribution in [0.25, 0.3) is 0 Å². The molecular formula is C13H13N5O3. The van der Waals surface area contributed by atoms with E-state index in [1.165, 1.54) is 0 Å². The van der Waals surface area contributed by atoms with Crippen LogP contribution in [0.15, 0.2) is 24.4 Å². The summed E-state index contributed by atoms with van der Waals surface area (Å²) < 4.78 is 12.2. The van der Waals surface area contributed by atoms with E-state index >= 15 is 0 Å². The summed E-state index contributed by atoms with van der Waals surface area (Å²) in [4.78, 5) is 12.1. The van der Waals surface area contributed by atoms with Gasteiger partial charge in [-0.25, -0.2) is 4.68 Å². The van der Waals surface area contributed by atoms with E-state index in [2.05, 4.69) is 20.9 Å². The van der Waals surface area contributed by atoms with Crippen LogP contribution in [-0.4, -0.2) is 40.8 Å². The highest BCUT2D eigenvalue weighted by Gasteiger charge is 2.22. The van der Waals surface area contributed by atoms with E-state index in [9.17, 15) is 4.79 Å². The minimum Gasteiger partial charge on any atom is -0.454 e. The fourth-order valence-electron chi connectivity index (χ4n) is 2.19. The first-order valence-electron chi connectivity index (χ1n) is 6.63. The molecule has 0 spiro atoms. The molecule has 4 rings (SSSR count). The number of ether oxygens (including phenoxy) is 2. The molecule has 0 bridgehead atoms. The van der Waals surface area contributed by atoms with Crippen molar-refractivity contribution in [3.63, 3.8) is 0 Å². The van der Waals surface area contributed by atoms with Gasteiger partial charge in [-0.05, 0) is 12.1 Å². The number of amides is 1. The van der Waals surface area contributed by atoms with Gasteiger partial charge in [0.05, 0.1) is 12.2 Å². The smallest absolute Gasteiger partial charge is 0.277 e. The molecule has 1 saturated heterocycles. The maximum atomic E-state index is 12.1. The molecule has 2 N–H and O–H groups in total. The van der Waals surface area contributed by atoms with Crippen molar-refractivity contribution in [1.82, 2.24) is 20.3 Å². The minimum atomic E-state index is -0.299. The third-order valence-corrected chi connectivity index (χ3v) is 3.51. The highest BCUT2D eigenvalue weighted by molar-refractivity contribution is 6.02. The molecule has 1 fully saturated rings. The van der Waals surface area contributed by atoms with Crippen molar-refractivity contribution in [2.24, 2.45) is 0 Å². The second-order valence-corrected chi connectivity index (χ2v) is 4.92. The summed E-state index contributed by atoms with van der Waals surface area (Å²) in [7, 11) is 0. The summed E-state index contributed by atoms with van der Waals surface area (Å²) >= 11 is 0. The minimum absolute atomic E-state index is 0.205. The lowest BCUT2D eigenvalue weighted by Crippen LogP contribution is -2.43. The maximum Gasteiger partial charge on any atom is 0.277 e. The summed E-state index contributed by atoms with van der Waals surface area (Å²) in [5, 5.41) is 13.8. The van der Waals surface area contributed by atoms with Gasteiger partial charge < -0.3 is 20.1 Å². The number of anilines is 1. The molecule has 21 heavy (non-hydrogen) atoms. The second kappa shape index (κ2) is 4.74. The van der Waals surface area contributed by atoms with E-state index in [4.69, 9.17) is 9.47 Å². The highest BCUT2D eigenvalue weighted by Crippen LogP contribution is 2.34. The Kier molecular flexibility index (Phi) is 2.74. The Morgan fingerprint density at radius 3 is 3.00 bits per heavy atom. The first-order valence-corrected chi connectivity index (χ1v) is 6.63. The SMILES string of the molecule is O=C(Nc1ccc2c(c1)OCO2)c1cn(C2CNC2)nn1. The van der Waals surface area contributed by atoms with Crippen molar-refractivity contribution < 1.29 is 14.3 Å². The molecule has 1 aromatic carbocycles. The zero-order valence-corrected chi connectivity index (χ0v) is 11.1. The first kappa shape index (κ1) is 12.2. The molecule has 3 heterocycles. The summed E-state index contributed by atoms with van der Waals surface area (Å²) in [5.41, 5.74) is 0.920. The lowest BCUT2D eigenvalue weighted by molar-refractivity contribution is 0.102. The normalized spacial score (nSPS) is 16.6. The molecule has 8 nitrogen and oxygen atoms in total. The number of nitrogens with one attached hydrogen (secondary N) is 2. The van der Waals surface area contributed by atoms with E-state index < -0.39 is 0 Å². The van der Waals surface area contributed by atoms with E-state index in [1.807, 2.05) is 0 Å². The van der Waals surface area contributed by atoms with E-state index in [-0.39, 0.29) is 18.7 Å². The van der Waals surface area contributed by atoms with Gasteiger partial charge in [0.2, 0.25) is 6.79 Å². The lowest BCUT2D eigenvalue weighted by atomic mass is 10.2. The molecule has 0 saturated carbocycles. The molecule has 1 amide bonds. The Labute approximate surface area is 120 Å². The number of carbonyl (C=O) groups is 1. The number of nitrogens with zero attached hydrogens (tertiary/aromatic N) is 3. The molecule has 0 aliphatic carbocycles. The molecule has 2 aromatic rings. The van der Waals surface area contributed by atoms with Gasteiger partial charge in [0, 0.05) is 24.8 Å². The van der Waals surface area contributed by atoms with Crippen molar-refractivity contribution in [2.45, 2.75) is 6.04 Å². The number of benzene rings is 1. The largest absolute Gasteiger partial charge is 0.454 e. The first-order chi connectivity index (χ1) is 10.3. The summed E-state index contributed by atoms with van der Waals surface area (Å²) in [6.07, 6.45) is 1.66. The van der Waals surface area contributed by atoms with E-state index in [0.717, 1.165) is 13.1 Å². The van der Waals surface area contributed by atoms with E-state index in [0.29, 0.717) is 22.9 Å². The average Bonchev–Trinajstić information content (AvgIpc) is 3.04. The second-order valence-electron chi connectivity index (χ2n) is 4.92. The zero-order valence-electron chi connectivity index (χ0n) is 11.1. The van der Waals surface area contributed by atoms with Crippen molar-refractivity contribution in [1.29, 1.82) is 0 Å². The molecule has 2 aliphatic rings. The van der Waals surface area contributed by atoms with Crippen LogP contribution in [-0.2, 0) is 0 Å². The van der Waals surface area contributed by atoms with Gasteiger partial charge in [0.15, 0.2) is 17.2 Å². The van der Waals surface area contributed by atoms with Crippen molar-refractivity contribution in [2.75, 3.05) is 25.2 Å². The Hall–Kier alpha value is -2.61. The molecular weight excluding hydrogens is 274 g/mol. The molecule has 1 aromatic heterocycles. The Morgan fingerprint density at radius 2 is 2.19 bits per heavy atom. The monoisotopic (exact) mass is 287 g/mol. The Balaban J connectivity index is 1.48. The van der Waals surface area contributed by atoms with Gasteiger partial charge in [0.1, 0.15) is 0 Å². The number of aromatic nitrogens is 3. The van der Waals surface area contributed by atoms with Gasteiger partial charge in [-0.2, -0.15) is 0 Å². The van der Waals surface area contributed by atoms with Crippen LogP contribution in [0.2, 0.25) is 0 Å². The molecule has 8 heteroatoms. The van der Waals surface area contributed by atoms with E-state index in [1.54, 1.807) is 29.1 Å². The maximum absolute atomic E-state index is 12.1. The fraction of sp³-hybridized carbons (Fsp3) is 0.308. The van der Waals surface area contributed by atoms with Gasteiger partial charge in [-0.1, -0.05) is 5.21 Å². The average molecular weight is 287 g/mol.